The molecule has 1 fully saturated rings. The molecular formula is C6H8FN3O. The van der Waals surface area contributed by atoms with Gasteiger partial charge in [0, 0.05) is 6.20 Å². The summed E-state index contributed by atoms with van der Waals surface area (Å²) >= 11 is 0. The Morgan fingerprint density at radius 2 is 2.45 bits per heavy atom. The van der Waals surface area contributed by atoms with E-state index in [1.54, 1.807) is 6.20 Å². The summed E-state index contributed by atoms with van der Waals surface area (Å²) < 4.78 is 19.4. The molecule has 1 aromatic heterocycles. The van der Waals surface area contributed by atoms with Gasteiger partial charge in [0.15, 0.2) is 0 Å². The van der Waals surface area contributed by atoms with Gasteiger partial charge < -0.3 is 4.74 Å². The van der Waals surface area contributed by atoms with Gasteiger partial charge in [0.2, 0.25) is 0 Å². The predicted octanol–water partition coefficient (Wildman–Crippen LogP) is 0.188. The summed E-state index contributed by atoms with van der Waals surface area (Å²) in [6.45, 7) is 0.565. The van der Waals surface area contributed by atoms with Crippen LogP contribution in [0.15, 0.2) is 12.4 Å². The first kappa shape index (κ1) is 6.72. The maximum Gasteiger partial charge on any atom is 0.148 e. The van der Waals surface area contributed by atoms with E-state index in [-0.39, 0.29) is 12.6 Å². The highest BCUT2D eigenvalue weighted by atomic mass is 19.1. The maximum atomic E-state index is 12.9. The molecule has 0 N–H and O–H groups in total. The van der Waals surface area contributed by atoms with E-state index in [1.807, 2.05) is 0 Å². The van der Waals surface area contributed by atoms with Gasteiger partial charge in [-0.15, -0.1) is 5.10 Å². The highest BCUT2D eigenvalue weighted by Crippen LogP contribution is 2.20. The molecular weight excluding hydrogens is 149 g/mol. The number of ether oxygens (including phenoxy) is 1. The minimum Gasteiger partial charge on any atom is -0.376 e. The number of rotatable bonds is 1. The summed E-state index contributed by atoms with van der Waals surface area (Å²) in [5, 5.41) is 7.29. The van der Waals surface area contributed by atoms with E-state index in [0.717, 1.165) is 0 Å². The van der Waals surface area contributed by atoms with Gasteiger partial charge in [-0.1, -0.05) is 5.21 Å². The molecule has 4 nitrogen and oxygen atoms in total. The molecule has 0 bridgehead atoms. The lowest BCUT2D eigenvalue weighted by Gasteiger charge is -2.08. The molecule has 11 heavy (non-hydrogen) atoms. The average Bonchev–Trinajstić information content (AvgIpc) is 2.55. The van der Waals surface area contributed by atoms with Gasteiger partial charge in [-0.05, 0) is 0 Å². The molecule has 0 spiro atoms. The Morgan fingerprint density at radius 1 is 1.55 bits per heavy atom. The van der Waals surface area contributed by atoms with Crippen molar-refractivity contribution >= 4 is 0 Å². The fourth-order valence-electron chi connectivity index (χ4n) is 1.15. The second-order valence-corrected chi connectivity index (χ2v) is 2.50. The van der Waals surface area contributed by atoms with Gasteiger partial charge in [-0.25, -0.2) is 9.07 Å². The molecule has 2 rings (SSSR count). The van der Waals surface area contributed by atoms with Gasteiger partial charge >= 0.3 is 0 Å². The molecule has 0 unspecified atom stereocenters. The van der Waals surface area contributed by atoms with Crippen LogP contribution in [-0.2, 0) is 4.74 Å². The molecule has 2 atom stereocenters. The molecule has 1 aliphatic heterocycles. The quantitative estimate of drug-likeness (QED) is 0.584. The first-order valence-electron chi connectivity index (χ1n) is 3.45. The van der Waals surface area contributed by atoms with Crippen LogP contribution in [0.25, 0.3) is 0 Å². The SMILES string of the molecule is F[C@H]1COC[C@H]1n1ccnn1. The Bertz CT molecular complexity index is 226. The summed E-state index contributed by atoms with van der Waals surface area (Å²) in [6.07, 6.45) is 2.23. The molecule has 60 valence electrons. The van der Waals surface area contributed by atoms with E-state index in [0.29, 0.717) is 6.61 Å². The van der Waals surface area contributed by atoms with Crippen molar-refractivity contribution in [3.8, 4) is 0 Å². The lowest BCUT2D eigenvalue weighted by Crippen LogP contribution is -2.19. The summed E-state index contributed by atoms with van der Waals surface area (Å²) in [6, 6.07) is -0.280. The summed E-state index contributed by atoms with van der Waals surface area (Å²) in [7, 11) is 0. The Morgan fingerprint density at radius 3 is 3.00 bits per heavy atom. The third kappa shape index (κ3) is 1.11. The Balaban J connectivity index is 2.16. The van der Waals surface area contributed by atoms with E-state index in [4.69, 9.17) is 4.74 Å². The minimum absolute atomic E-state index is 0.171. The van der Waals surface area contributed by atoms with Crippen LogP contribution >= 0.6 is 0 Å². The Hall–Kier alpha value is -0.970. The average molecular weight is 157 g/mol. The van der Waals surface area contributed by atoms with Crippen molar-refractivity contribution in [2.75, 3.05) is 13.2 Å². The van der Waals surface area contributed by atoms with Crippen molar-refractivity contribution in [2.24, 2.45) is 0 Å². The summed E-state index contributed by atoms with van der Waals surface area (Å²) in [4.78, 5) is 0. The second kappa shape index (κ2) is 2.58. The molecule has 5 heteroatoms. The number of aromatic nitrogens is 3. The van der Waals surface area contributed by atoms with Gasteiger partial charge in [-0.2, -0.15) is 0 Å². The lowest BCUT2D eigenvalue weighted by atomic mass is 10.2. The van der Waals surface area contributed by atoms with Crippen molar-refractivity contribution in [3.63, 3.8) is 0 Å². The normalized spacial score (nSPS) is 31.0. The number of nitrogens with zero attached hydrogens (tertiary/aromatic N) is 3. The highest BCUT2D eigenvalue weighted by molar-refractivity contribution is 4.81. The molecule has 2 heterocycles. The van der Waals surface area contributed by atoms with Crippen LogP contribution < -0.4 is 0 Å². The van der Waals surface area contributed by atoms with E-state index >= 15 is 0 Å². The van der Waals surface area contributed by atoms with Crippen LogP contribution in [0.4, 0.5) is 4.39 Å². The molecule has 1 aliphatic rings. The van der Waals surface area contributed by atoms with Crippen LogP contribution in [0.3, 0.4) is 0 Å². The van der Waals surface area contributed by atoms with Gasteiger partial charge in [0.1, 0.15) is 12.2 Å². The van der Waals surface area contributed by atoms with Crippen molar-refractivity contribution in [3.05, 3.63) is 12.4 Å². The number of hydrogen-bond donors (Lipinski definition) is 0. The molecule has 0 aliphatic carbocycles. The largest absolute Gasteiger partial charge is 0.376 e. The summed E-state index contributed by atoms with van der Waals surface area (Å²) in [5.74, 6) is 0. The van der Waals surface area contributed by atoms with Crippen molar-refractivity contribution in [1.29, 1.82) is 0 Å². The first-order chi connectivity index (χ1) is 5.38. The molecule has 1 aromatic rings. The van der Waals surface area contributed by atoms with E-state index in [9.17, 15) is 4.39 Å². The molecule has 0 aromatic carbocycles. The lowest BCUT2D eigenvalue weighted by molar-refractivity contribution is 0.172. The zero-order chi connectivity index (χ0) is 7.68. The molecule has 1 saturated heterocycles. The molecule has 0 amide bonds. The van der Waals surface area contributed by atoms with E-state index in [2.05, 4.69) is 10.3 Å². The van der Waals surface area contributed by atoms with Crippen molar-refractivity contribution in [1.82, 2.24) is 15.0 Å². The Labute approximate surface area is 63.0 Å². The van der Waals surface area contributed by atoms with Crippen molar-refractivity contribution in [2.45, 2.75) is 12.2 Å². The number of halogens is 1. The minimum atomic E-state index is -0.948. The third-order valence-electron chi connectivity index (χ3n) is 1.76. The van der Waals surface area contributed by atoms with Gasteiger partial charge in [0.25, 0.3) is 0 Å². The molecule has 0 radical (unpaired) electrons. The fourth-order valence-corrected chi connectivity index (χ4v) is 1.15. The topological polar surface area (TPSA) is 39.9 Å². The zero-order valence-electron chi connectivity index (χ0n) is 5.85. The van der Waals surface area contributed by atoms with Crippen LogP contribution in [0, 0.1) is 0 Å². The third-order valence-corrected chi connectivity index (χ3v) is 1.76. The number of hydrogen-bond acceptors (Lipinski definition) is 3. The second-order valence-electron chi connectivity index (χ2n) is 2.50. The van der Waals surface area contributed by atoms with Gasteiger partial charge in [-0.3, -0.25) is 0 Å². The number of alkyl halides is 1. The van der Waals surface area contributed by atoms with Crippen molar-refractivity contribution < 1.29 is 9.13 Å². The Kier molecular flexibility index (Phi) is 1.58. The van der Waals surface area contributed by atoms with Crippen LogP contribution in [-0.4, -0.2) is 34.4 Å². The molecule has 0 saturated carbocycles. The van der Waals surface area contributed by atoms with Crippen LogP contribution in [0.2, 0.25) is 0 Å². The highest BCUT2D eigenvalue weighted by Gasteiger charge is 2.29. The van der Waals surface area contributed by atoms with Crippen LogP contribution in [0.5, 0.6) is 0 Å². The predicted molar refractivity (Wildman–Crippen MR) is 34.8 cm³/mol. The zero-order valence-corrected chi connectivity index (χ0v) is 5.85. The maximum absolute atomic E-state index is 12.9. The monoisotopic (exact) mass is 157 g/mol. The van der Waals surface area contributed by atoms with E-state index in [1.165, 1.54) is 10.9 Å². The smallest absolute Gasteiger partial charge is 0.148 e. The van der Waals surface area contributed by atoms with Crippen LogP contribution in [0.1, 0.15) is 6.04 Å². The summed E-state index contributed by atoms with van der Waals surface area (Å²) in [5.41, 5.74) is 0. The first-order valence-corrected chi connectivity index (χ1v) is 3.45. The fraction of sp³-hybridized carbons (Fsp3) is 0.667. The standard InChI is InChI=1S/C6H8FN3O/c7-5-3-11-4-6(5)10-2-1-8-9-10/h1-2,5-6H,3-4H2/t5-,6+/m0/s1. The van der Waals surface area contributed by atoms with E-state index < -0.39 is 6.17 Å². The van der Waals surface area contributed by atoms with Gasteiger partial charge in [0.05, 0.1) is 19.4 Å².